The van der Waals surface area contributed by atoms with Crippen molar-refractivity contribution in [3.8, 4) is 16.9 Å². The molecule has 1 amide bonds. The van der Waals surface area contributed by atoms with Gasteiger partial charge in [-0.1, -0.05) is 18.2 Å². The number of pyridine rings is 1. The van der Waals surface area contributed by atoms with Crippen molar-refractivity contribution in [1.82, 2.24) is 20.1 Å². The second-order valence-corrected chi connectivity index (χ2v) is 7.80. The van der Waals surface area contributed by atoms with E-state index in [4.69, 9.17) is 4.74 Å². The van der Waals surface area contributed by atoms with Crippen LogP contribution in [-0.4, -0.2) is 45.0 Å². The fourth-order valence-electron chi connectivity index (χ4n) is 3.71. The van der Waals surface area contributed by atoms with Gasteiger partial charge in [-0.25, -0.2) is 4.98 Å². The summed E-state index contributed by atoms with van der Waals surface area (Å²) in [6.45, 7) is 1.54. The minimum Gasteiger partial charge on any atom is -0.488 e. The third-order valence-corrected chi connectivity index (χ3v) is 5.63. The average Bonchev–Trinajstić information content (AvgIpc) is 3.16. The Balaban J connectivity index is 1.38. The number of ether oxygens (including phenoxy) is 1. The number of carbonyl (C=O) groups excluding carboxylic acids is 1. The van der Waals surface area contributed by atoms with Crippen LogP contribution in [0.15, 0.2) is 60.9 Å². The monoisotopic (exact) mass is 429 g/mol. The molecule has 0 aliphatic carbocycles. The SMILES string of the molecule is Cn1ncc(-c2ccc3cnc(NC(=O)c4cccc(OC5CNC5)c4)cc3c2)c1CO. The van der Waals surface area contributed by atoms with Gasteiger partial charge < -0.3 is 20.5 Å². The number of rotatable bonds is 6. The lowest BCUT2D eigenvalue weighted by Gasteiger charge is -2.27. The number of aliphatic hydroxyl groups is 1. The third-order valence-electron chi connectivity index (χ3n) is 5.63. The molecule has 0 spiro atoms. The van der Waals surface area contributed by atoms with Gasteiger partial charge in [0.2, 0.25) is 0 Å². The molecule has 0 atom stereocenters. The highest BCUT2D eigenvalue weighted by Crippen LogP contribution is 2.28. The molecule has 1 fully saturated rings. The number of anilines is 1. The predicted molar refractivity (Wildman–Crippen MR) is 122 cm³/mol. The maximum atomic E-state index is 12.8. The Kier molecular flexibility index (Phi) is 5.30. The van der Waals surface area contributed by atoms with E-state index in [0.29, 0.717) is 17.1 Å². The minimum absolute atomic E-state index is 0.0957. The molecule has 8 heteroatoms. The van der Waals surface area contributed by atoms with Gasteiger partial charge in [-0.3, -0.25) is 9.48 Å². The Bertz CT molecular complexity index is 1300. The van der Waals surface area contributed by atoms with E-state index in [2.05, 4.69) is 20.7 Å². The molecule has 162 valence electrons. The van der Waals surface area contributed by atoms with Crippen molar-refractivity contribution in [3.05, 3.63) is 72.2 Å². The van der Waals surface area contributed by atoms with Crippen LogP contribution in [0.25, 0.3) is 21.9 Å². The van der Waals surface area contributed by atoms with Gasteiger partial charge in [0.1, 0.15) is 17.7 Å². The maximum absolute atomic E-state index is 12.8. The third kappa shape index (κ3) is 3.93. The van der Waals surface area contributed by atoms with Crippen molar-refractivity contribution in [3.63, 3.8) is 0 Å². The van der Waals surface area contributed by atoms with E-state index in [9.17, 15) is 9.90 Å². The van der Waals surface area contributed by atoms with Crippen molar-refractivity contribution in [2.45, 2.75) is 12.7 Å². The van der Waals surface area contributed by atoms with Crippen LogP contribution in [0.5, 0.6) is 5.75 Å². The largest absolute Gasteiger partial charge is 0.488 e. The molecule has 3 heterocycles. The van der Waals surface area contributed by atoms with Gasteiger partial charge in [0.25, 0.3) is 5.91 Å². The molecule has 4 aromatic rings. The summed E-state index contributed by atoms with van der Waals surface area (Å²) in [6, 6.07) is 14.9. The van der Waals surface area contributed by atoms with Gasteiger partial charge in [-0.05, 0) is 41.3 Å². The van der Waals surface area contributed by atoms with Gasteiger partial charge >= 0.3 is 0 Å². The summed E-state index contributed by atoms with van der Waals surface area (Å²) >= 11 is 0. The Morgan fingerprint density at radius 3 is 2.84 bits per heavy atom. The number of aliphatic hydroxyl groups excluding tert-OH is 1. The number of aromatic nitrogens is 3. The van der Waals surface area contributed by atoms with Crippen LogP contribution in [0.4, 0.5) is 5.82 Å². The number of fused-ring (bicyclic) bond motifs is 1. The minimum atomic E-state index is -0.250. The lowest BCUT2D eigenvalue weighted by molar-refractivity contribution is 0.102. The summed E-state index contributed by atoms with van der Waals surface area (Å²) in [7, 11) is 1.80. The zero-order valence-corrected chi connectivity index (χ0v) is 17.6. The van der Waals surface area contributed by atoms with Gasteiger partial charge in [-0.15, -0.1) is 0 Å². The Morgan fingerprint density at radius 1 is 1.19 bits per heavy atom. The van der Waals surface area contributed by atoms with E-state index < -0.39 is 0 Å². The molecule has 0 saturated carbocycles. The van der Waals surface area contributed by atoms with Gasteiger partial charge in [0.05, 0.1) is 18.5 Å². The fourth-order valence-corrected chi connectivity index (χ4v) is 3.71. The van der Waals surface area contributed by atoms with E-state index in [1.54, 1.807) is 36.3 Å². The maximum Gasteiger partial charge on any atom is 0.256 e. The normalized spacial score (nSPS) is 13.7. The Morgan fingerprint density at radius 2 is 2.06 bits per heavy atom. The molecule has 1 aliphatic heterocycles. The Labute approximate surface area is 184 Å². The summed E-state index contributed by atoms with van der Waals surface area (Å²) in [5.41, 5.74) is 3.06. The fraction of sp³-hybridized carbons (Fsp3) is 0.208. The first-order valence-electron chi connectivity index (χ1n) is 10.4. The highest BCUT2D eigenvalue weighted by atomic mass is 16.5. The van der Waals surface area contributed by atoms with Crippen molar-refractivity contribution in [2.24, 2.45) is 7.05 Å². The molecule has 0 unspecified atom stereocenters. The predicted octanol–water partition coefficient (Wildman–Crippen LogP) is 2.73. The molecule has 3 N–H and O–H groups in total. The van der Waals surface area contributed by atoms with Crippen molar-refractivity contribution < 1.29 is 14.6 Å². The van der Waals surface area contributed by atoms with Crippen molar-refractivity contribution in [1.29, 1.82) is 0 Å². The summed E-state index contributed by atoms with van der Waals surface area (Å²) in [5.74, 6) is 0.888. The van der Waals surface area contributed by atoms with Crippen LogP contribution in [0.2, 0.25) is 0 Å². The number of amides is 1. The van der Waals surface area contributed by atoms with Gasteiger partial charge in [0, 0.05) is 42.8 Å². The first kappa shape index (κ1) is 20.2. The summed E-state index contributed by atoms with van der Waals surface area (Å²) in [4.78, 5) is 17.2. The van der Waals surface area contributed by atoms with E-state index in [0.717, 1.165) is 40.7 Å². The molecule has 1 saturated heterocycles. The van der Waals surface area contributed by atoms with Crippen LogP contribution in [0, 0.1) is 0 Å². The van der Waals surface area contributed by atoms with E-state index in [-0.39, 0.29) is 18.6 Å². The van der Waals surface area contributed by atoms with Crippen LogP contribution < -0.4 is 15.4 Å². The molecule has 5 rings (SSSR count). The number of aryl methyl sites for hydroxylation is 1. The van der Waals surface area contributed by atoms with Gasteiger partial charge in [0.15, 0.2) is 0 Å². The zero-order valence-electron chi connectivity index (χ0n) is 17.6. The topological polar surface area (TPSA) is 101 Å². The van der Waals surface area contributed by atoms with E-state index in [1.165, 1.54) is 0 Å². The van der Waals surface area contributed by atoms with E-state index >= 15 is 0 Å². The number of hydrogen-bond acceptors (Lipinski definition) is 6. The standard InChI is InChI=1S/C24H23N5O3/c1-29-22(14-30)21(13-27-29)15-5-6-17-10-26-23(9-18(17)7-15)28-24(31)16-3-2-4-19(8-16)32-20-11-25-12-20/h2-10,13,20,25,30H,11-12,14H2,1H3,(H,26,28,31). The molecule has 2 aromatic carbocycles. The van der Waals surface area contributed by atoms with Crippen molar-refractivity contribution >= 4 is 22.5 Å². The molecule has 0 bridgehead atoms. The molecule has 32 heavy (non-hydrogen) atoms. The zero-order chi connectivity index (χ0) is 22.1. The first-order chi connectivity index (χ1) is 15.6. The molecule has 2 aromatic heterocycles. The highest BCUT2D eigenvalue weighted by Gasteiger charge is 2.19. The van der Waals surface area contributed by atoms with Crippen LogP contribution in [0.3, 0.4) is 0 Å². The smallest absolute Gasteiger partial charge is 0.256 e. The lowest BCUT2D eigenvalue weighted by atomic mass is 10.0. The van der Waals surface area contributed by atoms with E-state index in [1.807, 2.05) is 36.4 Å². The summed E-state index contributed by atoms with van der Waals surface area (Å²) in [6.07, 6.45) is 3.62. The number of benzene rings is 2. The number of nitrogens with zero attached hydrogens (tertiary/aromatic N) is 3. The lowest BCUT2D eigenvalue weighted by Crippen LogP contribution is -2.50. The highest BCUT2D eigenvalue weighted by molar-refractivity contribution is 6.04. The molecular weight excluding hydrogens is 406 g/mol. The van der Waals surface area contributed by atoms with Crippen LogP contribution >= 0.6 is 0 Å². The molecular formula is C24H23N5O3. The molecule has 0 radical (unpaired) electrons. The quantitative estimate of drug-likeness (QED) is 0.436. The second-order valence-electron chi connectivity index (χ2n) is 7.80. The number of hydrogen-bond donors (Lipinski definition) is 3. The number of nitrogens with one attached hydrogen (secondary N) is 2. The van der Waals surface area contributed by atoms with Crippen molar-refractivity contribution in [2.75, 3.05) is 18.4 Å². The summed E-state index contributed by atoms with van der Waals surface area (Å²) in [5, 5.41) is 21.8. The first-order valence-corrected chi connectivity index (χ1v) is 10.4. The molecule has 1 aliphatic rings. The van der Waals surface area contributed by atoms with Crippen LogP contribution in [0.1, 0.15) is 16.1 Å². The Hall–Kier alpha value is -3.75. The average molecular weight is 429 g/mol. The molecule has 8 nitrogen and oxygen atoms in total. The van der Waals surface area contributed by atoms with Gasteiger partial charge in [-0.2, -0.15) is 5.10 Å². The number of carbonyl (C=O) groups is 1. The summed E-state index contributed by atoms with van der Waals surface area (Å²) < 4.78 is 7.51. The second kappa shape index (κ2) is 8.41. The van der Waals surface area contributed by atoms with Crippen LogP contribution in [-0.2, 0) is 13.7 Å².